The molecule has 0 aliphatic heterocycles. The number of fused-ring (bicyclic) bond motifs is 1. The van der Waals surface area contributed by atoms with Crippen LogP contribution >= 0.6 is 0 Å². The van der Waals surface area contributed by atoms with E-state index in [1.807, 2.05) is 31.2 Å². The van der Waals surface area contributed by atoms with Crippen molar-refractivity contribution in [1.29, 1.82) is 0 Å². The zero-order valence-corrected chi connectivity index (χ0v) is 17.5. The topological polar surface area (TPSA) is 60.5 Å². The molecule has 1 heterocycles. The normalized spacial score (nSPS) is 22.4. The molecule has 28 heavy (non-hydrogen) atoms. The Hall–Kier alpha value is -2.14. The van der Waals surface area contributed by atoms with Crippen LogP contribution < -0.4 is 10.1 Å². The highest BCUT2D eigenvalue weighted by Gasteiger charge is 2.42. The quantitative estimate of drug-likeness (QED) is 0.713. The zero-order valence-electron chi connectivity index (χ0n) is 17.5. The number of hydrogen-bond donors (Lipinski definition) is 1. The largest absolute Gasteiger partial charge is 0.491 e. The molecule has 2 aromatic rings. The van der Waals surface area contributed by atoms with Crippen molar-refractivity contribution in [1.82, 2.24) is 4.98 Å². The fourth-order valence-electron chi connectivity index (χ4n) is 4.05. The molecule has 1 fully saturated rings. The first-order chi connectivity index (χ1) is 13.4. The highest BCUT2D eigenvalue weighted by molar-refractivity contribution is 6.05. The first-order valence-electron chi connectivity index (χ1n) is 10.4. The summed E-state index contributed by atoms with van der Waals surface area (Å²) in [5.74, 6) is 1.60. The fourth-order valence-corrected chi connectivity index (χ4v) is 4.05. The molecular formula is C23H32N2O3. The second-order valence-corrected chi connectivity index (χ2v) is 8.30. The van der Waals surface area contributed by atoms with Crippen molar-refractivity contribution in [2.24, 2.45) is 11.8 Å². The summed E-state index contributed by atoms with van der Waals surface area (Å²) in [6, 6.07) is 7.65. The number of nitrogens with zero attached hydrogens (tertiary/aromatic N) is 1. The van der Waals surface area contributed by atoms with Gasteiger partial charge in [-0.05, 0) is 62.3 Å². The summed E-state index contributed by atoms with van der Waals surface area (Å²) in [4.78, 5) is 17.8. The number of carbonyl (C=O) groups is 1. The van der Waals surface area contributed by atoms with Crippen LogP contribution in [0.15, 0.2) is 30.5 Å². The zero-order chi connectivity index (χ0) is 20.1. The van der Waals surface area contributed by atoms with Crippen LogP contribution in [0.2, 0.25) is 0 Å². The minimum Gasteiger partial charge on any atom is -0.491 e. The third-order valence-corrected chi connectivity index (χ3v) is 5.34. The van der Waals surface area contributed by atoms with E-state index in [4.69, 9.17) is 9.47 Å². The molecule has 0 spiro atoms. The summed E-state index contributed by atoms with van der Waals surface area (Å²) >= 11 is 0. The van der Waals surface area contributed by atoms with Gasteiger partial charge in [0.2, 0.25) is 0 Å². The second-order valence-electron chi connectivity index (χ2n) is 8.30. The molecule has 1 amide bonds. The van der Waals surface area contributed by atoms with E-state index in [0.29, 0.717) is 25.0 Å². The number of anilines is 1. The molecule has 3 rings (SSSR count). The number of amides is 1. The van der Waals surface area contributed by atoms with Gasteiger partial charge in [-0.3, -0.25) is 9.78 Å². The molecule has 1 aromatic heterocycles. The predicted molar refractivity (Wildman–Crippen MR) is 113 cm³/mol. The van der Waals surface area contributed by atoms with Gasteiger partial charge in [-0.1, -0.05) is 27.2 Å². The Kier molecular flexibility index (Phi) is 6.55. The Bertz CT molecular complexity index is 817. The van der Waals surface area contributed by atoms with Crippen LogP contribution in [0.3, 0.4) is 0 Å². The van der Waals surface area contributed by atoms with Crippen LogP contribution in [0.4, 0.5) is 5.69 Å². The Balaban J connectivity index is 1.89. The predicted octanol–water partition coefficient (Wildman–Crippen LogP) is 5.19. The molecule has 152 valence electrons. The van der Waals surface area contributed by atoms with Crippen molar-refractivity contribution in [2.75, 3.05) is 18.5 Å². The number of pyridine rings is 1. The van der Waals surface area contributed by atoms with Gasteiger partial charge in [0.1, 0.15) is 16.9 Å². The highest BCUT2D eigenvalue weighted by Crippen LogP contribution is 2.37. The van der Waals surface area contributed by atoms with E-state index in [1.54, 1.807) is 6.20 Å². The summed E-state index contributed by atoms with van der Waals surface area (Å²) in [7, 11) is 0. The molecule has 2 atom stereocenters. The van der Waals surface area contributed by atoms with E-state index in [9.17, 15) is 4.79 Å². The maximum absolute atomic E-state index is 13.3. The minimum atomic E-state index is -0.742. The van der Waals surface area contributed by atoms with E-state index in [1.165, 1.54) is 0 Å². The second kappa shape index (κ2) is 8.91. The van der Waals surface area contributed by atoms with Crippen LogP contribution in [0, 0.1) is 11.8 Å². The summed E-state index contributed by atoms with van der Waals surface area (Å²) in [6.07, 6.45) is 5.44. The van der Waals surface area contributed by atoms with Gasteiger partial charge in [-0.15, -0.1) is 0 Å². The van der Waals surface area contributed by atoms with Gasteiger partial charge < -0.3 is 14.8 Å². The first-order valence-corrected chi connectivity index (χ1v) is 10.4. The lowest BCUT2D eigenvalue weighted by atomic mass is 9.78. The average molecular weight is 385 g/mol. The minimum absolute atomic E-state index is 0.0538. The molecule has 1 saturated carbocycles. The third kappa shape index (κ3) is 4.46. The van der Waals surface area contributed by atoms with Crippen molar-refractivity contribution >= 4 is 22.5 Å². The van der Waals surface area contributed by atoms with Crippen LogP contribution in [0.5, 0.6) is 5.75 Å². The van der Waals surface area contributed by atoms with E-state index in [-0.39, 0.29) is 5.91 Å². The summed E-state index contributed by atoms with van der Waals surface area (Å²) < 4.78 is 12.0. The fraction of sp³-hybridized carbons (Fsp3) is 0.565. The molecule has 0 unspecified atom stereocenters. The summed E-state index contributed by atoms with van der Waals surface area (Å²) in [6.45, 7) is 9.53. The smallest absolute Gasteiger partial charge is 0.256 e. The number of hydrogen-bond acceptors (Lipinski definition) is 4. The van der Waals surface area contributed by atoms with Gasteiger partial charge in [0.25, 0.3) is 5.91 Å². The standard InChI is InChI=1S/C23H32N2O3/c1-5-28-23(12-6-8-17(4)14-23)22(26)25-19-10-11-20(27-15-16(2)3)21-18(19)9-7-13-24-21/h7,9-11,13,16-17H,5-6,8,12,14-15H2,1-4H3,(H,25,26)/t17-,23+/m0/s1. The Morgan fingerprint density at radius 1 is 1.36 bits per heavy atom. The molecule has 0 saturated heterocycles. The van der Waals surface area contributed by atoms with Gasteiger partial charge in [-0.25, -0.2) is 0 Å². The Labute approximate surface area is 167 Å². The lowest BCUT2D eigenvalue weighted by Gasteiger charge is -2.38. The van der Waals surface area contributed by atoms with Gasteiger partial charge in [0.05, 0.1) is 12.3 Å². The van der Waals surface area contributed by atoms with Gasteiger partial charge in [0, 0.05) is 18.2 Å². The number of rotatable bonds is 7. The number of ether oxygens (including phenoxy) is 2. The SMILES string of the molecule is CCO[C@]1(C(=O)Nc2ccc(OCC(C)C)c3ncccc23)CCC[C@H](C)C1. The number of nitrogens with one attached hydrogen (secondary N) is 1. The van der Waals surface area contributed by atoms with Crippen molar-refractivity contribution in [3.63, 3.8) is 0 Å². The summed E-state index contributed by atoms with van der Waals surface area (Å²) in [5.41, 5.74) is 0.777. The lowest BCUT2D eigenvalue weighted by molar-refractivity contribution is -0.147. The molecule has 5 nitrogen and oxygen atoms in total. The van der Waals surface area contributed by atoms with Crippen molar-refractivity contribution in [2.45, 2.75) is 59.0 Å². The highest BCUT2D eigenvalue weighted by atomic mass is 16.5. The van der Waals surface area contributed by atoms with Crippen molar-refractivity contribution < 1.29 is 14.3 Å². The van der Waals surface area contributed by atoms with E-state index in [2.05, 4.69) is 31.1 Å². The molecule has 1 aromatic carbocycles. The van der Waals surface area contributed by atoms with Crippen LogP contribution in [-0.2, 0) is 9.53 Å². The van der Waals surface area contributed by atoms with Crippen LogP contribution in [0.1, 0.15) is 53.4 Å². The molecule has 1 aliphatic carbocycles. The number of benzene rings is 1. The van der Waals surface area contributed by atoms with Gasteiger partial charge >= 0.3 is 0 Å². The first kappa shape index (κ1) is 20.6. The lowest BCUT2D eigenvalue weighted by Crippen LogP contribution is -2.48. The maximum Gasteiger partial charge on any atom is 0.256 e. The molecule has 1 N–H and O–H groups in total. The van der Waals surface area contributed by atoms with Gasteiger partial charge in [-0.2, -0.15) is 0 Å². The van der Waals surface area contributed by atoms with Crippen molar-refractivity contribution in [3.05, 3.63) is 30.5 Å². The van der Waals surface area contributed by atoms with Gasteiger partial charge in [0.15, 0.2) is 0 Å². The van der Waals surface area contributed by atoms with Crippen LogP contribution in [0.25, 0.3) is 10.9 Å². The Morgan fingerprint density at radius 2 is 2.18 bits per heavy atom. The van der Waals surface area contributed by atoms with E-state index >= 15 is 0 Å². The van der Waals surface area contributed by atoms with Crippen LogP contribution in [-0.4, -0.2) is 29.7 Å². The molecular weight excluding hydrogens is 352 g/mol. The molecule has 0 radical (unpaired) electrons. The molecule has 5 heteroatoms. The van der Waals surface area contributed by atoms with E-state index < -0.39 is 5.60 Å². The summed E-state index contributed by atoms with van der Waals surface area (Å²) in [5, 5.41) is 4.02. The molecule has 0 bridgehead atoms. The maximum atomic E-state index is 13.3. The average Bonchev–Trinajstić information content (AvgIpc) is 2.67. The van der Waals surface area contributed by atoms with E-state index in [0.717, 1.165) is 48.0 Å². The monoisotopic (exact) mass is 384 g/mol. The number of aromatic nitrogens is 1. The Morgan fingerprint density at radius 3 is 2.89 bits per heavy atom. The molecule has 1 aliphatic rings. The number of carbonyl (C=O) groups excluding carboxylic acids is 1. The third-order valence-electron chi connectivity index (χ3n) is 5.34. The van der Waals surface area contributed by atoms with Crippen molar-refractivity contribution in [3.8, 4) is 5.75 Å².